The van der Waals surface area contributed by atoms with Crippen LogP contribution in [-0.2, 0) is 25.7 Å². The molecule has 0 amide bonds. The van der Waals surface area contributed by atoms with E-state index >= 15 is 0 Å². The van der Waals surface area contributed by atoms with Gasteiger partial charge in [-0.05, 0) is 37.2 Å². The quantitative estimate of drug-likeness (QED) is 0.442. The van der Waals surface area contributed by atoms with Crippen molar-refractivity contribution in [2.24, 2.45) is 0 Å². The smallest absolute Gasteiger partial charge is 0.369 e. The molecule has 2 aliphatic heterocycles. The van der Waals surface area contributed by atoms with Gasteiger partial charge in [-0.25, -0.2) is 4.98 Å². The van der Waals surface area contributed by atoms with Crippen LogP contribution in [0.5, 0.6) is 0 Å². The van der Waals surface area contributed by atoms with Crippen molar-refractivity contribution in [1.82, 2.24) is 19.4 Å². The zero-order valence-electron chi connectivity index (χ0n) is 19.6. The molecule has 4 heterocycles. The summed E-state index contributed by atoms with van der Waals surface area (Å²) in [5.74, 6) is 0. The van der Waals surface area contributed by atoms with Crippen molar-refractivity contribution < 1.29 is 13.2 Å². The summed E-state index contributed by atoms with van der Waals surface area (Å²) in [6, 6.07) is 4.06. The van der Waals surface area contributed by atoms with Gasteiger partial charge in [0.05, 0.1) is 22.3 Å². The molecule has 36 heavy (non-hydrogen) atoms. The van der Waals surface area contributed by atoms with Gasteiger partial charge in [-0.1, -0.05) is 11.6 Å². The van der Waals surface area contributed by atoms with Crippen molar-refractivity contribution in [1.29, 1.82) is 0 Å². The maximum atomic E-state index is 13.2. The van der Waals surface area contributed by atoms with Crippen LogP contribution in [-0.4, -0.2) is 65.7 Å². The van der Waals surface area contributed by atoms with E-state index in [4.69, 9.17) is 11.6 Å². The molecule has 0 spiro atoms. The van der Waals surface area contributed by atoms with Gasteiger partial charge in [-0.2, -0.15) is 13.2 Å². The van der Waals surface area contributed by atoms with Gasteiger partial charge in [-0.3, -0.25) is 14.3 Å². The van der Waals surface area contributed by atoms with Gasteiger partial charge in [0.1, 0.15) is 4.83 Å². The highest BCUT2D eigenvalue weighted by Gasteiger charge is 2.34. The van der Waals surface area contributed by atoms with Crippen molar-refractivity contribution >= 4 is 63.7 Å². The van der Waals surface area contributed by atoms with E-state index in [0.717, 1.165) is 41.4 Å². The zero-order chi connectivity index (χ0) is 24.0. The number of anilines is 1. The average Bonchev–Trinajstić information content (AvgIpc) is 3.17. The van der Waals surface area contributed by atoms with Crippen molar-refractivity contribution in [3.8, 4) is 0 Å². The fourth-order valence-corrected chi connectivity index (χ4v) is 6.19. The summed E-state index contributed by atoms with van der Waals surface area (Å²) in [6.07, 6.45) is -1.97. The van der Waals surface area contributed by atoms with Gasteiger partial charge in [-0.15, -0.1) is 36.2 Å². The Kier molecular flexibility index (Phi) is 9.22. The first-order valence-electron chi connectivity index (χ1n) is 11.2. The number of halogens is 6. The number of alkyl halides is 3. The summed E-state index contributed by atoms with van der Waals surface area (Å²) in [5, 5.41) is 0.480. The zero-order valence-corrected chi connectivity index (χ0v) is 22.8. The summed E-state index contributed by atoms with van der Waals surface area (Å²) < 4.78 is 41.3. The molecule has 198 valence electrons. The lowest BCUT2D eigenvalue weighted by molar-refractivity contribution is -0.137. The van der Waals surface area contributed by atoms with E-state index in [1.54, 1.807) is 28.3 Å². The number of benzene rings is 1. The second-order valence-corrected chi connectivity index (χ2v) is 10.4. The molecule has 1 fully saturated rings. The predicted octanol–water partition coefficient (Wildman–Crippen LogP) is 4.78. The van der Waals surface area contributed by atoms with Crippen molar-refractivity contribution in [3.05, 3.63) is 55.9 Å². The van der Waals surface area contributed by atoms with Gasteiger partial charge in [0, 0.05) is 62.9 Å². The molecule has 0 aliphatic carbocycles. The molecule has 1 aromatic carbocycles. The lowest BCUT2D eigenvalue weighted by Gasteiger charge is -2.36. The minimum atomic E-state index is -4.48. The number of fused-ring (bicyclic) bond motifs is 3. The van der Waals surface area contributed by atoms with Crippen LogP contribution in [0.1, 0.15) is 16.0 Å². The first-order valence-corrected chi connectivity index (χ1v) is 12.4. The van der Waals surface area contributed by atoms with E-state index in [9.17, 15) is 18.0 Å². The minimum absolute atomic E-state index is 0. The Morgan fingerprint density at radius 3 is 2.50 bits per heavy atom. The molecule has 5 rings (SSSR count). The van der Waals surface area contributed by atoms with Gasteiger partial charge < -0.3 is 9.80 Å². The Morgan fingerprint density at radius 1 is 1.08 bits per heavy atom. The summed E-state index contributed by atoms with van der Waals surface area (Å²) in [7, 11) is 2.08. The highest BCUT2D eigenvalue weighted by atomic mass is 35.5. The van der Waals surface area contributed by atoms with E-state index in [2.05, 4.69) is 21.8 Å². The van der Waals surface area contributed by atoms with Gasteiger partial charge >= 0.3 is 6.18 Å². The maximum absolute atomic E-state index is 13.2. The third-order valence-corrected chi connectivity index (χ3v) is 8.12. The molecule has 0 atom stereocenters. The standard InChI is InChI=1S/C23H25ClF3N5OS.2ClH/c1-29-5-4-16-19(13-29)34-21-20(16)22(33)32(14-28-21)11-8-30-6-9-31(10-7-30)15-2-3-18(24)17(12-15)23(25,26)27;;/h2-3,12,14H,4-11,13H2,1H3;2*1H. The number of likely N-dealkylation sites (N-methyl/N-ethyl adjacent to an activating group) is 1. The second-order valence-electron chi connectivity index (χ2n) is 8.91. The van der Waals surface area contributed by atoms with E-state index < -0.39 is 11.7 Å². The minimum Gasteiger partial charge on any atom is -0.369 e. The molecular formula is C23H27Cl3F3N5OS. The van der Waals surface area contributed by atoms with Crippen LogP contribution in [0.4, 0.5) is 18.9 Å². The molecule has 0 unspecified atom stereocenters. The third-order valence-electron chi connectivity index (χ3n) is 6.67. The molecule has 0 bridgehead atoms. The normalized spacial score (nSPS) is 17.0. The molecule has 3 aromatic rings. The highest BCUT2D eigenvalue weighted by molar-refractivity contribution is 7.18. The summed E-state index contributed by atoms with van der Waals surface area (Å²) >= 11 is 7.36. The Balaban J connectivity index is 0.00000180. The SMILES string of the molecule is CN1CCc2c(sc3ncn(CCN4CCN(c5ccc(Cl)c(C(F)(F)F)c5)CC4)c(=O)c23)C1.Cl.Cl. The molecule has 6 nitrogen and oxygen atoms in total. The number of hydrogen-bond donors (Lipinski definition) is 0. The molecule has 2 aliphatic rings. The van der Waals surface area contributed by atoms with Crippen LogP contribution in [0.15, 0.2) is 29.3 Å². The van der Waals surface area contributed by atoms with Crippen LogP contribution < -0.4 is 10.5 Å². The first kappa shape index (κ1) is 29.0. The van der Waals surface area contributed by atoms with Crippen molar-refractivity contribution in [2.45, 2.75) is 25.7 Å². The predicted molar refractivity (Wildman–Crippen MR) is 144 cm³/mol. The van der Waals surface area contributed by atoms with Crippen LogP contribution >= 0.6 is 47.8 Å². The Labute approximate surface area is 228 Å². The Bertz CT molecular complexity index is 1270. The van der Waals surface area contributed by atoms with Gasteiger partial charge in [0.2, 0.25) is 0 Å². The van der Waals surface area contributed by atoms with Crippen LogP contribution in [0.2, 0.25) is 5.02 Å². The Hall–Kier alpha value is -1.56. The van der Waals surface area contributed by atoms with E-state index in [1.807, 2.05) is 4.90 Å². The summed E-state index contributed by atoms with van der Waals surface area (Å²) in [4.78, 5) is 26.2. The molecular weight excluding hydrogens is 558 g/mol. The molecule has 13 heteroatoms. The topological polar surface area (TPSA) is 44.6 Å². The van der Waals surface area contributed by atoms with E-state index in [0.29, 0.717) is 45.0 Å². The van der Waals surface area contributed by atoms with Gasteiger partial charge in [0.15, 0.2) is 0 Å². The fraction of sp³-hybridized carbons (Fsp3) is 0.478. The number of aromatic nitrogens is 2. The van der Waals surface area contributed by atoms with E-state index in [1.165, 1.54) is 10.9 Å². The van der Waals surface area contributed by atoms with Crippen molar-refractivity contribution in [3.63, 3.8) is 0 Å². The maximum Gasteiger partial charge on any atom is 0.417 e. The first-order chi connectivity index (χ1) is 16.2. The molecule has 0 radical (unpaired) electrons. The molecule has 0 N–H and O–H groups in total. The molecule has 1 saturated heterocycles. The average molecular weight is 585 g/mol. The summed E-state index contributed by atoms with van der Waals surface area (Å²) in [6.45, 7) is 5.64. The Morgan fingerprint density at radius 2 is 1.81 bits per heavy atom. The number of piperazine rings is 1. The number of nitrogens with zero attached hydrogens (tertiary/aromatic N) is 5. The lowest BCUT2D eigenvalue weighted by atomic mass is 10.1. The van der Waals surface area contributed by atoms with Crippen LogP contribution in [0.3, 0.4) is 0 Å². The van der Waals surface area contributed by atoms with Crippen LogP contribution in [0.25, 0.3) is 10.2 Å². The highest BCUT2D eigenvalue weighted by Crippen LogP contribution is 2.37. The largest absolute Gasteiger partial charge is 0.417 e. The number of hydrogen-bond acceptors (Lipinski definition) is 6. The molecule has 2 aromatic heterocycles. The lowest BCUT2D eigenvalue weighted by Crippen LogP contribution is -2.47. The second kappa shape index (κ2) is 11.4. The van der Waals surface area contributed by atoms with Crippen LogP contribution in [0, 0.1) is 0 Å². The van der Waals surface area contributed by atoms with E-state index in [-0.39, 0.29) is 35.4 Å². The molecule has 0 saturated carbocycles. The third kappa shape index (κ3) is 5.79. The van der Waals surface area contributed by atoms with Crippen molar-refractivity contribution in [2.75, 3.05) is 51.2 Å². The number of thiophene rings is 1. The number of rotatable bonds is 4. The van der Waals surface area contributed by atoms with Gasteiger partial charge in [0.25, 0.3) is 5.56 Å². The fourth-order valence-electron chi connectivity index (χ4n) is 4.71. The summed E-state index contributed by atoms with van der Waals surface area (Å²) in [5.41, 5.74) is 0.889. The monoisotopic (exact) mass is 583 g/mol.